The molecule has 0 amide bonds. The summed E-state index contributed by atoms with van der Waals surface area (Å²) in [6.45, 7) is 2.39. The van der Waals surface area contributed by atoms with E-state index in [0.717, 1.165) is 22.3 Å². The maximum atomic E-state index is 13.5. The van der Waals surface area contributed by atoms with Gasteiger partial charge in [0, 0.05) is 12.6 Å². The molecule has 0 aliphatic carbocycles. The van der Waals surface area contributed by atoms with Crippen LogP contribution in [0.25, 0.3) is 0 Å². The van der Waals surface area contributed by atoms with Crippen LogP contribution < -0.4 is 21.1 Å². The molecule has 8 heteroatoms. The standard InChI is InChI=1S/C31H34N4O2S2/c1-23-17-19-28(20-18-23)39(36,37)35-30(26-15-9-4-10-16-26)29(25-13-7-3-8-14-25)34-31(38)33-22-27(32)21-24-11-5-2-6-12-24/h2-20,27,29-30,35H,21-22,32H2,1H3,(H2,33,34,38)/t27-,29-,30-/m1/s1. The number of aryl methyl sites for hydroxylation is 1. The number of hydrogen-bond donors (Lipinski definition) is 4. The zero-order chi connectivity index (χ0) is 27.7. The van der Waals surface area contributed by atoms with E-state index in [9.17, 15) is 8.42 Å². The van der Waals surface area contributed by atoms with E-state index in [1.807, 2.05) is 97.9 Å². The van der Waals surface area contributed by atoms with Crippen LogP contribution in [-0.4, -0.2) is 26.1 Å². The van der Waals surface area contributed by atoms with E-state index >= 15 is 0 Å². The van der Waals surface area contributed by atoms with Gasteiger partial charge in [0.2, 0.25) is 10.0 Å². The van der Waals surface area contributed by atoms with Crippen LogP contribution in [0.2, 0.25) is 0 Å². The highest BCUT2D eigenvalue weighted by atomic mass is 32.2. The number of sulfonamides is 1. The zero-order valence-corrected chi connectivity index (χ0v) is 23.5. The number of nitrogens with one attached hydrogen (secondary N) is 3. The highest BCUT2D eigenvalue weighted by Crippen LogP contribution is 2.31. The van der Waals surface area contributed by atoms with Crippen LogP contribution in [0.5, 0.6) is 0 Å². The molecule has 5 N–H and O–H groups in total. The van der Waals surface area contributed by atoms with Gasteiger partial charge in [-0.25, -0.2) is 13.1 Å². The van der Waals surface area contributed by atoms with Crippen molar-refractivity contribution in [2.24, 2.45) is 5.73 Å². The monoisotopic (exact) mass is 558 g/mol. The van der Waals surface area contributed by atoms with Crippen molar-refractivity contribution in [2.75, 3.05) is 6.54 Å². The zero-order valence-electron chi connectivity index (χ0n) is 21.8. The van der Waals surface area contributed by atoms with Gasteiger partial charge < -0.3 is 16.4 Å². The molecule has 0 aliphatic heterocycles. The van der Waals surface area contributed by atoms with Gasteiger partial charge in [-0.2, -0.15) is 0 Å². The molecule has 0 bridgehead atoms. The van der Waals surface area contributed by atoms with Gasteiger partial charge in [-0.05, 0) is 54.4 Å². The molecule has 0 saturated heterocycles. The second kappa shape index (κ2) is 13.5. The summed E-state index contributed by atoms with van der Waals surface area (Å²) in [7, 11) is -3.85. The Kier molecular flexibility index (Phi) is 9.84. The normalized spacial score (nSPS) is 13.7. The van der Waals surface area contributed by atoms with Crippen LogP contribution in [0.4, 0.5) is 0 Å². The first-order chi connectivity index (χ1) is 18.8. The van der Waals surface area contributed by atoms with Crippen molar-refractivity contribution >= 4 is 27.4 Å². The van der Waals surface area contributed by atoms with E-state index in [1.165, 1.54) is 0 Å². The first kappa shape index (κ1) is 28.4. The highest BCUT2D eigenvalue weighted by molar-refractivity contribution is 7.89. The third-order valence-corrected chi connectivity index (χ3v) is 8.14. The molecular formula is C31H34N4O2S2. The SMILES string of the molecule is Cc1ccc(S(=O)(=O)N[C@H](c2ccccc2)[C@H](NC(=S)NC[C@H](N)Cc2ccccc2)c2ccccc2)cc1. The van der Waals surface area contributed by atoms with Gasteiger partial charge in [-0.1, -0.05) is 109 Å². The van der Waals surface area contributed by atoms with Gasteiger partial charge in [0.1, 0.15) is 0 Å². The first-order valence-corrected chi connectivity index (χ1v) is 14.7. The maximum Gasteiger partial charge on any atom is 0.241 e. The van der Waals surface area contributed by atoms with Crippen molar-refractivity contribution in [1.29, 1.82) is 0 Å². The summed E-state index contributed by atoms with van der Waals surface area (Å²) in [5.41, 5.74) is 10.2. The summed E-state index contributed by atoms with van der Waals surface area (Å²) >= 11 is 5.68. The Morgan fingerprint density at radius 1 is 0.769 bits per heavy atom. The van der Waals surface area contributed by atoms with Crippen LogP contribution in [0, 0.1) is 6.92 Å². The Balaban J connectivity index is 1.58. The second-order valence-electron chi connectivity index (χ2n) is 9.52. The van der Waals surface area contributed by atoms with E-state index in [0.29, 0.717) is 18.1 Å². The molecule has 0 aromatic heterocycles. The summed E-state index contributed by atoms with van der Waals surface area (Å²) in [5.74, 6) is 0. The fourth-order valence-corrected chi connectivity index (χ4v) is 5.81. The smallest absolute Gasteiger partial charge is 0.241 e. The van der Waals surface area contributed by atoms with Gasteiger partial charge in [-0.15, -0.1) is 0 Å². The number of hydrogen-bond acceptors (Lipinski definition) is 4. The largest absolute Gasteiger partial charge is 0.361 e. The fraction of sp³-hybridized carbons (Fsp3) is 0.194. The lowest BCUT2D eigenvalue weighted by molar-refractivity contribution is 0.471. The lowest BCUT2D eigenvalue weighted by atomic mass is 9.94. The van der Waals surface area contributed by atoms with E-state index in [-0.39, 0.29) is 10.9 Å². The van der Waals surface area contributed by atoms with E-state index < -0.39 is 22.1 Å². The van der Waals surface area contributed by atoms with Crippen molar-refractivity contribution in [3.8, 4) is 0 Å². The van der Waals surface area contributed by atoms with Crippen molar-refractivity contribution in [3.05, 3.63) is 138 Å². The molecule has 4 aromatic rings. The van der Waals surface area contributed by atoms with Crippen molar-refractivity contribution in [1.82, 2.24) is 15.4 Å². The van der Waals surface area contributed by atoms with Crippen molar-refractivity contribution in [3.63, 3.8) is 0 Å². The molecule has 0 aliphatic rings. The quantitative estimate of drug-likeness (QED) is 0.198. The Hall–Kier alpha value is -3.56. The summed E-state index contributed by atoms with van der Waals surface area (Å²) in [4.78, 5) is 0.202. The molecule has 4 rings (SSSR count). The molecule has 0 heterocycles. The molecule has 6 nitrogen and oxygen atoms in total. The lowest BCUT2D eigenvalue weighted by Crippen LogP contribution is -2.47. The minimum Gasteiger partial charge on any atom is -0.361 e. The molecule has 39 heavy (non-hydrogen) atoms. The van der Waals surface area contributed by atoms with Gasteiger partial charge in [-0.3, -0.25) is 0 Å². The molecule has 4 aromatic carbocycles. The summed E-state index contributed by atoms with van der Waals surface area (Å²) in [6, 6.07) is 34.8. The number of rotatable bonds is 11. The topological polar surface area (TPSA) is 96.2 Å². The predicted octanol–water partition coefficient (Wildman–Crippen LogP) is 4.79. The van der Waals surface area contributed by atoms with Crippen molar-refractivity contribution in [2.45, 2.75) is 36.4 Å². The van der Waals surface area contributed by atoms with Gasteiger partial charge in [0.05, 0.1) is 17.0 Å². The molecule has 3 atom stereocenters. The number of benzene rings is 4. The first-order valence-electron chi connectivity index (χ1n) is 12.8. The minimum atomic E-state index is -3.85. The van der Waals surface area contributed by atoms with Crippen LogP contribution >= 0.6 is 12.2 Å². The Morgan fingerprint density at radius 2 is 1.28 bits per heavy atom. The Labute approximate surface area is 236 Å². The van der Waals surface area contributed by atoms with Gasteiger partial charge in [0.25, 0.3) is 0 Å². The molecule has 0 saturated carbocycles. The third kappa shape index (κ3) is 8.21. The average molecular weight is 559 g/mol. The Morgan fingerprint density at radius 3 is 1.85 bits per heavy atom. The summed E-state index contributed by atoms with van der Waals surface area (Å²) in [5, 5.41) is 6.99. The predicted molar refractivity (Wildman–Crippen MR) is 162 cm³/mol. The molecule has 0 radical (unpaired) electrons. The van der Waals surface area contributed by atoms with Crippen LogP contribution in [0.1, 0.15) is 34.3 Å². The number of thiocarbonyl (C=S) groups is 1. The third-order valence-electron chi connectivity index (χ3n) is 6.42. The van der Waals surface area contributed by atoms with Crippen LogP contribution in [0.15, 0.2) is 120 Å². The van der Waals surface area contributed by atoms with E-state index in [2.05, 4.69) is 15.4 Å². The molecule has 0 fully saturated rings. The van der Waals surface area contributed by atoms with Crippen molar-refractivity contribution < 1.29 is 8.42 Å². The molecule has 0 spiro atoms. The Bertz CT molecular complexity index is 1430. The van der Waals surface area contributed by atoms with E-state index in [1.54, 1.807) is 24.3 Å². The molecule has 0 unspecified atom stereocenters. The van der Waals surface area contributed by atoms with Gasteiger partial charge >= 0.3 is 0 Å². The van der Waals surface area contributed by atoms with Crippen LogP contribution in [-0.2, 0) is 16.4 Å². The summed E-state index contributed by atoms with van der Waals surface area (Å²) < 4.78 is 30.0. The van der Waals surface area contributed by atoms with Gasteiger partial charge in [0.15, 0.2) is 5.11 Å². The highest BCUT2D eigenvalue weighted by Gasteiger charge is 2.30. The maximum absolute atomic E-state index is 13.5. The molecular weight excluding hydrogens is 525 g/mol. The minimum absolute atomic E-state index is 0.146. The second-order valence-corrected chi connectivity index (χ2v) is 11.6. The van der Waals surface area contributed by atoms with Crippen LogP contribution in [0.3, 0.4) is 0 Å². The lowest BCUT2D eigenvalue weighted by Gasteiger charge is -2.31. The summed E-state index contributed by atoms with van der Waals surface area (Å²) in [6.07, 6.45) is 0.710. The van der Waals surface area contributed by atoms with E-state index in [4.69, 9.17) is 18.0 Å². The fourth-order valence-electron chi connectivity index (χ4n) is 4.37. The average Bonchev–Trinajstić information content (AvgIpc) is 2.95. The molecule has 202 valence electrons. The number of nitrogens with two attached hydrogens (primary N) is 1.